The van der Waals surface area contributed by atoms with Crippen LogP contribution in [0, 0.1) is 11.7 Å². The van der Waals surface area contributed by atoms with Gasteiger partial charge in [0.1, 0.15) is 5.82 Å². The summed E-state index contributed by atoms with van der Waals surface area (Å²) < 4.78 is 13.5. The maximum atomic E-state index is 13.5. The molecule has 1 saturated carbocycles. The SMILES string of the molecule is CC(C)C1CC(=CC(=O)NC2CC2)c2cc(F)ccc21. The zero-order valence-corrected chi connectivity index (χ0v) is 11.9. The first-order chi connectivity index (χ1) is 9.54. The van der Waals surface area contributed by atoms with Crippen LogP contribution >= 0.6 is 0 Å². The second-order valence-electron chi connectivity index (χ2n) is 6.24. The van der Waals surface area contributed by atoms with Crippen LogP contribution in [0.5, 0.6) is 0 Å². The van der Waals surface area contributed by atoms with E-state index in [0.717, 1.165) is 30.4 Å². The third kappa shape index (κ3) is 2.62. The molecule has 1 N–H and O–H groups in total. The minimum absolute atomic E-state index is 0.0397. The first-order valence-corrected chi connectivity index (χ1v) is 7.35. The minimum Gasteiger partial charge on any atom is -0.350 e. The largest absolute Gasteiger partial charge is 0.350 e. The Balaban J connectivity index is 1.91. The van der Waals surface area contributed by atoms with Crippen molar-refractivity contribution in [2.75, 3.05) is 0 Å². The van der Waals surface area contributed by atoms with Gasteiger partial charge in [-0.3, -0.25) is 4.79 Å². The van der Waals surface area contributed by atoms with E-state index in [1.807, 2.05) is 6.07 Å². The molecule has 0 aromatic heterocycles. The molecule has 1 atom stereocenters. The van der Waals surface area contributed by atoms with Crippen LogP contribution in [0.4, 0.5) is 4.39 Å². The highest BCUT2D eigenvalue weighted by Crippen LogP contribution is 2.45. The van der Waals surface area contributed by atoms with E-state index in [9.17, 15) is 9.18 Å². The summed E-state index contributed by atoms with van der Waals surface area (Å²) in [5.41, 5.74) is 3.05. The Morgan fingerprint density at radius 3 is 2.80 bits per heavy atom. The van der Waals surface area contributed by atoms with E-state index in [2.05, 4.69) is 19.2 Å². The predicted molar refractivity (Wildman–Crippen MR) is 77.7 cm³/mol. The average molecular weight is 273 g/mol. The molecule has 0 heterocycles. The van der Waals surface area contributed by atoms with Crippen LogP contribution in [-0.4, -0.2) is 11.9 Å². The Kier molecular flexibility index (Phi) is 3.36. The standard InChI is InChI=1S/C17H20FNO/c1-10(2)15-7-11(8-17(20)19-13-4-5-13)16-9-12(18)3-6-14(15)16/h3,6,8-10,13,15H,4-5,7H2,1-2H3,(H,19,20). The van der Waals surface area contributed by atoms with Gasteiger partial charge in [0.15, 0.2) is 0 Å². The van der Waals surface area contributed by atoms with Gasteiger partial charge in [-0.25, -0.2) is 4.39 Å². The molecule has 1 fully saturated rings. The smallest absolute Gasteiger partial charge is 0.244 e. The van der Waals surface area contributed by atoms with Crippen LogP contribution in [0.2, 0.25) is 0 Å². The Hall–Kier alpha value is -1.64. The molecule has 0 saturated heterocycles. The summed E-state index contributed by atoms with van der Waals surface area (Å²) in [6.07, 6.45) is 4.65. The van der Waals surface area contributed by atoms with Crippen LogP contribution < -0.4 is 5.32 Å². The Labute approximate surface area is 119 Å². The van der Waals surface area contributed by atoms with Crippen LogP contribution in [0.15, 0.2) is 24.3 Å². The van der Waals surface area contributed by atoms with Crippen LogP contribution in [-0.2, 0) is 4.79 Å². The molecule has 1 aromatic carbocycles. The summed E-state index contributed by atoms with van der Waals surface area (Å²) in [6, 6.07) is 5.30. The maximum absolute atomic E-state index is 13.5. The lowest BCUT2D eigenvalue weighted by atomic mass is 9.90. The summed E-state index contributed by atoms with van der Waals surface area (Å²) in [6.45, 7) is 4.34. The molecule has 0 radical (unpaired) electrons. The van der Waals surface area contributed by atoms with Gasteiger partial charge < -0.3 is 5.32 Å². The number of hydrogen-bond donors (Lipinski definition) is 1. The molecule has 1 amide bonds. The number of rotatable bonds is 3. The van der Waals surface area contributed by atoms with E-state index >= 15 is 0 Å². The lowest BCUT2D eigenvalue weighted by Gasteiger charge is -2.14. The van der Waals surface area contributed by atoms with Crippen molar-refractivity contribution in [2.45, 2.75) is 45.1 Å². The van der Waals surface area contributed by atoms with Crippen molar-refractivity contribution in [3.05, 3.63) is 41.2 Å². The van der Waals surface area contributed by atoms with Gasteiger partial charge in [-0.1, -0.05) is 19.9 Å². The molecule has 3 rings (SSSR count). The molecular weight excluding hydrogens is 253 g/mol. The Morgan fingerprint density at radius 2 is 2.15 bits per heavy atom. The summed E-state index contributed by atoms with van der Waals surface area (Å²) >= 11 is 0. The van der Waals surface area contributed by atoms with Gasteiger partial charge in [0.25, 0.3) is 0 Å². The van der Waals surface area contributed by atoms with E-state index in [0.29, 0.717) is 17.9 Å². The van der Waals surface area contributed by atoms with Gasteiger partial charge in [0.2, 0.25) is 5.91 Å². The van der Waals surface area contributed by atoms with Crippen molar-refractivity contribution in [1.82, 2.24) is 5.32 Å². The number of amides is 1. The molecule has 106 valence electrons. The normalized spacial score (nSPS) is 23.2. The molecule has 2 aliphatic carbocycles. The number of benzene rings is 1. The highest BCUT2D eigenvalue weighted by atomic mass is 19.1. The van der Waals surface area contributed by atoms with Gasteiger partial charge in [-0.05, 0) is 59.9 Å². The molecule has 2 nitrogen and oxygen atoms in total. The molecule has 2 aliphatic rings. The Bertz CT molecular complexity index is 572. The van der Waals surface area contributed by atoms with E-state index < -0.39 is 0 Å². The first kappa shape index (κ1) is 13.3. The van der Waals surface area contributed by atoms with E-state index in [1.165, 1.54) is 11.6 Å². The second kappa shape index (κ2) is 5.04. The predicted octanol–water partition coefficient (Wildman–Crippen LogP) is 3.63. The summed E-state index contributed by atoms with van der Waals surface area (Å²) in [4.78, 5) is 11.9. The van der Waals surface area contributed by atoms with Crippen molar-refractivity contribution in [1.29, 1.82) is 0 Å². The van der Waals surface area contributed by atoms with Gasteiger partial charge in [-0.2, -0.15) is 0 Å². The van der Waals surface area contributed by atoms with Crippen LogP contribution in [0.25, 0.3) is 5.57 Å². The molecule has 0 spiro atoms. The van der Waals surface area contributed by atoms with Crippen molar-refractivity contribution in [3.63, 3.8) is 0 Å². The van der Waals surface area contributed by atoms with Crippen molar-refractivity contribution in [2.24, 2.45) is 5.92 Å². The van der Waals surface area contributed by atoms with Crippen molar-refractivity contribution < 1.29 is 9.18 Å². The number of halogens is 1. The van der Waals surface area contributed by atoms with Crippen molar-refractivity contribution >= 4 is 11.5 Å². The summed E-state index contributed by atoms with van der Waals surface area (Å²) in [5.74, 6) is 0.589. The second-order valence-corrected chi connectivity index (χ2v) is 6.24. The number of nitrogens with one attached hydrogen (secondary N) is 1. The highest BCUT2D eigenvalue weighted by Gasteiger charge is 2.30. The number of hydrogen-bond acceptors (Lipinski definition) is 1. The topological polar surface area (TPSA) is 29.1 Å². The molecular formula is C17H20FNO. The number of carbonyl (C=O) groups is 1. The monoisotopic (exact) mass is 273 g/mol. The van der Waals surface area contributed by atoms with Gasteiger partial charge in [0.05, 0.1) is 0 Å². The van der Waals surface area contributed by atoms with E-state index in [4.69, 9.17) is 0 Å². The quantitative estimate of drug-likeness (QED) is 0.837. The number of allylic oxidation sites excluding steroid dienone is 1. The fraction of sp³-hybridized carbons (Fsp3) is 0.471. The summed E-state index contributed by atoms with van der Waals surface area (Å²) in [5, 5.41) is 2.96. The lowest BCUT2D eigenvalue weighted by molar-refractivity contribution is -0.116. The van der Waals surface area contributed by atoms with E-state index in [-0.39, 0.29) is 11.7 Å². The van der Waals surface area contributed by atoms with Gasteiger partial charge in [0, 0.05) is 12.1 Å². The zero-order chi connectivity index (χ0) is 14.3. The van der Waals surface area contributed by atoms with E-state index in [1.54, 1.807) is 12.1 Å². The molecule has 0 bridgehead atoms. The third-order valence-electron chi connectivity index (χ3n) is 4.23. The average Bonchev–Trinajstić information content (AvgIpc) is 3.11. The molecule has 0 aliphatic heterocycles. The Morgan fingerprint density at radius 1 is 1.40 bits per heavy atom. The molecule has 1 aromatic rings. The zero-order valence-electron chi connectivity index (χ0n) is 11.9. The number of carbonyl (C=O) groups excluding carboxylic acids is 1. The highest BCUT2D eigenvalue weighted by molar-refractivity contribution is 5.97. The third-order valence-corrected chi connectivity index (χ3v) is 4.23. The maximum Gasteiger partial charge on any atom is 0.244 e. The van der Waals surface area contributed by atoms with Crippen LogP contribution in [0.3, 0.4) is 0 Å². The van der Waals surface area contributed by atoms with Crippen LogP contribution in [0.1, 0.15) is 50.2 Å². The van der Waals surface area contributed by atoms with Crippen molar-refractivity contribution in [3.8, 4) is 0 Å². The lowest BCUT2D eigenvalue weighted by Crippen LogP contribution is -2.23. The first-order valence-electron chi connectivity index (χ1n) is 7.35. The summed E-state index contributed by atoms with van der Waals surface area (Å²) in [7, 11) is 0. The fourth-order valence-electron chi connectivity index (χ4n) is 2.95. The van der Waals surface area contributed by atoms with Gasteiger partial charge in [-0.15, -0.1) is 0 Å². The minimum atomic E-state index is -0.235. The molecule has 20 heavy (non-hydrogen) atoms. The fourth-order valence-corrected chi connectivity index (χ4v) is 2.95. The number of fused-ring (bicyclic) bond motifs is 1. The molecule has 3 heteroatoms. The van der Waals surface area contributed by atoms with Gasteiger partial charge >= 0.3 is 0 Å². The molecule has 1 unspecified atom stereocenters.